The van der Waals surface area contributed by atoms with E-state index in [9.17, 15) is 0 Å². The number of hydrogen-bond donors (Lipinski definition) is 0. The minimum absolute atomic E-state index is 0.759. The van der Waals surface area contributed by atoms with Gasteiger partial charge in [-0.05, 0) is 6.07 Å². The molecule has 0 fully saturated rings. The lowest BCUT2D eigenvalue weighted by atomic mass is 10.2. The maximum absolute atomic E-state index is 5.25. The minimum atomic E-state index is 0.759. The van der Waals surface area contributed by atoms with Crippen molar-refractivity contribution in [3.63, 3.8) is 0 Å². The Morgan fingerprint density at radius 1 is 1.40 bits per heavy atom. The van der Waals surface area contributed by atoms with Crippen LogP contribution in [0.3, 0.4) is 0 Å². The molecule has 54 valence electrons. The molecule has 0 aliphatic carbocycles. The van der Waals surface area contributed by atoms with E-state index in [4.69, 9.17) is 4.43 Å². The summed E-state index contributed by atoms with van der Waals surface area (Å²) in [5.74, 6) is 1.01. The molecule has 0 spiro atoms. The van der Waals surface area contributed by atoms with Gasteiger partial charge in [-0.1, -0.05) is 34.1 Å². The average molecular weight is 217 g/mol. The SMILES string of the molecule is [SiH3]Oc1ccccc1CBr. The fourth-order valence-electron chi connectivity index (χ4n) is 0.813. The molecule has 1 rings (SSSR count). The smallest absolute Gasteiger partial charge is 0.204 e. The molecule has 0 aliphatic heterocycles. The van der Waals surface area contributed by atoms with Gasteiger partial charge in [-0.3, -0.25) is 0 Å². The van der Waals surface area contributed by atoms with E-state index in [1.807, 2.05) is 18.2 Å². The summed E-state index contributed by atoms with van der Waals surface area (Å²) in [7, 11) is 0.759. The van der Waals surface area contributed by atoms with Crippen molar-refractivity contribution in [3.8, 4) is 5.75 Å². The Labute approximate surface area is 72.1 Å². The Hall–Kier alpha value is -0.283. The van der Waals surface area contributed by atoms with Crippen molar-refractivity contribution in [1.82, 2.24) is 0 Å². The summed E-state index contributed by atoms with van der Waals surface area (Å²) in [5, 5.41) is 0.866. The topological polar surface area (TPSA) is 9.23 Å². The highest BCUT2D eigenvalue weighted by Crippen LogP contribution is 2.18. The van der Waals surface area contributed by atoms with Gasteiger partial charge in [0.15, 0.2) is 0 Å². The van der Waals surface area contributed by atoms with Gasteiger partial charge in [0.05, 0.1) is 0 Å². The molecule has 0 atom stereocenters. The Balaban J connectivity index is 2.96. The monoisotopic (exact) mass is 216 g/mol. The first-order chi connectivity index (χ1) is 4.88. The Kier molecular flexibility index (Phi) is 2.96. The van der Waals surface area contributed by atoms with E-state index in [2.05, 4.69) is 22.0 Å². The van der Waals surface area contributed by atoms with Crippen molar-refractivity contribution in [2.45, 2.75) is 5.33 Å². The summed E-state index contributed by atoms with van der Waals surface area (Å²) in [6.45, 7) is 0. The Bertz CT molecular complexity index is 192. The second kappa shape index (κ2) is 3.78. The molecule has 0 aliphatic rings. The molecule has 0 unspecified atom stereocenters. The summed E-state index contributed by atoms with van der Waals surface area (Å²) < 4.78 is 5.25. The summed E-state index contributed by atoms with van der Waals surface area (Å²) in [6, 6.07) is 8.05. The molecule has 0 amide bonds. The molecule has 1 aromatic carbocycles. The number of halogens is 1. The quantitative estimate of drug-likeness (QED) is 0.535. The predicted molar refractivity (Wildman–Crippen MR) is 49.6 cm³/mol. The molecule has 0 aromatic heterocycles. The lowest BCUT2D eigenvalue weighted by Crippen LogP contribution is -1.89. The first-order valence-corrected chi connectivity index (χ1v) is 5.00. The molecule has 1 nitrogen and oxygen atoms in total. The van der Waals surface area contributed by atoms with Gasteiger partial charge in [-0.25, -0.2) is 0 Å². The number of benzene rings is 1. The highest BCUT2D eigenvalue weighted by atomic mass is 79.9. The molecule has 0 radical (unpaired) electrons. The van der Waals surface area contributed by atoms with E-state index in [-0.39, 0.29) is 0 Å². The maximum Gasteiger partial charge on any atom is 0.204 e. The first-order valence-electron chi connectivity index (χ1n) is 3.06. The van der Waals surface area contributed by atoms with Crippen LogP contribution in [-0.2, 0) is 5.33 Å². The van der Waals surface area contributed by atoms with Crippen LogP contribution in [0.2, 0.25) is 0 Å². The number of para-hydroxylation sites is 1. The van der Waals surface area contributed by atoms with Gasteiger partial charge in [0.25, 0.3) is 0 Å². The number of rotatable bonds is 2. The van der Waals surface area contributed by atoms with E-state index < -0.39 is 0 Å². The molecule has 3 heteroatoms. The van der Waals surface area contributed by atoms with E-state index in [1.54, 1.807) is 0 Å². The van der Waals surface area contributed by atoms with Gasteiger partial charge < -0.3 is 4.43 Å². The van der Waals surface area contributed by atoms with Crippen molar-refractivity contribution in [1.29, 1.82) is 0 Å². The van der Waals surface area contributed by atoms with Crippen LogP contribution < -0.4 is 4.43 Å². The lowest BCUT2D eigenvalue weighted by molar-refractivity contribution is 0.610. The van der Waals surface area contributed by atoms with Gasteiger partial charge in [0, 0.05) is 10.9 Å². The van der Waals surface area contributed by atoms with E-state index >= 15 is 0 Å². The van der Waals surface area contributed by atoms with Gasteiger partial charge in [-0.2, -0.15) is 0 Å². The molecule has 0 heterocycles. The molecular weight excluding hydrogens is 208 g/mol. The van der Waals surface area contributed by atoms with Crippen molar-refractivity contribution in [3.05, 3.63) is 29.8 Å². The molecule has 0 N–H and O–H groups in total. The molecule has 1 aromatic rings. The fraction of sp³-hybridized carbons (Fsp3) is 0.143. The van der Waals surface area contributed by atoms with Crippen LogP contribution in [0.1, 0.15) is 5.56 Å². The average Bonchev–Trinajstić information content (AvgIpc) is 2.04. The molecule has 0 saturated carbocycles. The first kappa shape index (κ1) is 7.82. The maximum atomic E-state index is 5.25. The number of alkyl halides is 1. The van der Waals surface area contributed by atoms with Gasteiger partial charge in [0.2, 0.25) is 10.5 Å². The fourth-order valence-corrected chi connectivity index (χ4v) is 1.67. The van der Waals surface area contributed by atoms with E-state index in [0.717, 1.165) is 21.6 Å². The Morgan fingerprint density at radius 2 is 2.10 bits per heavy atom. The van der Waals surface area contributed by atoms with Crippen LogP contribution in [-0.4, -0.2) is 10.5 Å². The minimum Gasteiger partial charge on any atom is -0.553 e. The second-order valence-corrected chi connectivity index (χ2v) is 2.91. The van der Waals surface area contributed by atoms with Crippen LogP contribution in [0.4, 0.5) is 0 Å². The zero-order chi connectivity index (χ0) is 7.40. The van der Waals surface area contributed by atoms with Crippen LogP contribution in [0.15, 0.2) is 24.3 Å². The highest BCUT2D eigenvalue weighted by Gasteiger charge is 1.95. The summed E-state index contributed by atoms with van der Waals surface area (Å²) in [4.78, 5) is 0. The summed E-state index contributed by atoms with van der Waals surface area (Å²) in [6.07, 6.45) is 0. The largest absolute Gasteiger partial charge is 0.553 e. The zero-order valence-electron chi connectivity index (χ0n) is 5.80. The normalized spacial score (nSPS) is 9.70. The lowest BCUT2D eigenvalue weighted by Gasteiger charge is -2.04. The molecule has 10 heavy (non-hydrogen) atoms. The molecular formula is C7H9BrOSi. The standard InChI is InChI=1S/C7H9BrOSi/c8-5-6-3-1-2-4-7(6)9-10/h1-4H,5H2,10H3. The van der Waals surface area contributed by atoms with Gasteiger partial charge >= 0.3 is 0 Å². The van der Waals surface area contributed by atoms with Crippen LogP contribution in [0.25, 0.3) is 0 Å². The molecule has 0 saturated heterocycles. The van der Waals surface area contributed by atoms with Crippen LogP contribution >= 0.6 is 15.9 Å². The third-order valence-corrected chi connectivity index (χ3v) is 2.38. The third kappa shape index (κ3) is 1.61. The van der Waals surface area contributed by atoms with Crippen LogP contribution in [0.5, 0.6) is 5.75 Å². The van der Waals surface area contributed by atoms with Crippen LogP contribution in [0, 0.1) is 0 Å². The van der Waals surface area contributed by atoms with Crippen molar-refractivity contribution in [2.75, 3.05) is 0 Å². The Morgan fingerprint density at radius 3 is 2.60 bits per heavy atom. The number of hydrogen-bond acceptors (Lipinski definition) is 1. The van der Waals surface area contributed by atoms with Gasteiger partial charge in [-0.15, -0.1) is 0 Å². The second-order valence-electron chi connectivity index (χ2n) is 1.95. The van der Waals surface area contributed by atoms with Crippen molar-refractivity contribution >= 4 is 26.4 Å². The summed E-state index contributed by atoms with van der Waals surface area (Å²) in [5.41, 5.74) is 1.22. The van der Waals surface area contributed by atoms with E-state index in [0.29, 0.717) is 0 Å². The highest BCUT2D eigenvalue weighted by molar-refractivity contribution is 9.08. The zero-order valence-corrected chi connectivity index (χ0v) is 9.39. The van der Waals surface area contributed by atoms with E-state index in [1.165, 1.54) is 5.56 Å². The van der Waals surface area contributed by atoms with Crippen molar-refractivity contribution in [2.24, 2.45) is 0 Å². The third-order valence-electron chi connectivity index (χ3n) is 1.34. The van der Waals surface area contributed by atoms with Gasteiger partial charge in [0.1, 0.15) is 5.75 Å². The summed E-state index contributed by atoms with van der Waals surface area (Å²) >= 11 is 3.38. The predicted octanol–water partition coefficient (Wildman–Crippen LogP) is 1.24. The molecule has 0 bridgehead atoms. The van der Waals surface area contributed by atoms with Crippen molar-refractivity contribution < 1.29 is 4.43 Å².